The number of amides is 1. The van der Waals surface area contributed by atoms with Crippen LogP contribution in [0.4, 0.5) is 0 Å². The molecule has 29 heavy (non-hydrogen) atoms. The maximum absolute atomic E-state index is 12.5. The fourth-order valence-electron chi connectivity index (χ4n) is 4.19. The molecule has 1 fully saturated rings. The zero-order valence-electron chi connectivity index (χ0n) is 16.4. The van der Waals surface area contributed by atoms with Crippen molar-refractivity contribution < 1.29 is 14.1 Å². The Morgan fingerprint density at radius 1 is 1.28 bits per heavy atom. The number of hydrogen-bond acceptors (Lipinski definition) is 6. The van der Waals surface area contributed by atoms with Crippen LogP contribution >= 0.6 is 11.3 Å². The summed E-state index contributed by atoms with van der Waals surface area (Å²) in [7, 11) is 1.65. The fraction of sp³-hybridized carbons (Fsp3) is 0.409. The summed E-state index contributed by atoms with van der Waals surface area (Å²) in [6, 6.07) is 10.0. The summed E-state index contributed by atoms with van der Waals surface area (Å²) < 4.78 is 10.8. The summed E-state index contributed by atoms with van der Waals surface area (Å²) >= 11 is 1.77. The van der Waals surface area contributed by atoms with E-state index < -0.39 is 0 Å². The summed E-state index contributed by atoms with van der Waals surface area (Å²) in [4.78, 5) is 21.5. The van der Waals surface area contributed by atoms with Crippen LogP contribution in [0.2, 0.25) is 0 Å². The number of benzene rings is 1. The Labute approximate surface area is 173 Å². The number of thiophene rings is 1. The molecule has 1 aromatic carbocycles. The van der Waals surface area contributed by atoms with Crippen LogP contribution in [0.1, 0.15) is 47.0 Å². The van der Waals surface area contributed by atoms with Gasteiger partial charge in [-0.1, -0.05) is 17.3 Å². The number of ether oxygens (including phenoxy) is 1. The molecule has 0 bridgehead atoms. The van der Waals surface area contributed by atoms with Gasteiger partial charge in [0.2, 0.25) is 5.91 Å². The lowest BCUT2D eigenvalue weighted by atomic mass is 9.99. The highest BCUT2D eigenvalue weighted by atomic mass is 32.1. The quantitative estimate of drug-likeness (QED) is 0.632. The Kier molecular flexibility index (Phi) is 4.83. The maximum Gasteiger partial charge on any atom is 0.268 e. The van der Waals surface area contributed by atoms with Crippen molar-refractivity contribution in [1.82, 2.24) is 15.0 Å². The van der Waals surface area contributed by atoms with E-state index in [2.05, 4.69) is 16.2 Å². The molecule has 1 aliphatic carbocycles. The summed E-state index contributed by atoms with van der Waals surface area (Å²) in [5, 5.41) is 4.21. The number of hydrogen-bond donors (Lipinski definition) is 0. The lowest BCUT2D eigenvalue weighted by Crippen LogP contribution is -2.24. The molecule has 0 N–H and O–H groups in total. The minimum absolute atomic E-state index is 0.0276. The molecule has 1 atom stereocenters. The lowest BCUT2D eigenvalue weighted by molar-refractivity contribution is -0.128. The number of nitrogens with zero attached hydrogens (tertiary/aromatic N) is 3. The van der Waals surface area contributed by atoms with Crippen molar-refractivity contribution in [3.8, 4) is 16.5 Å². The Morgan fingerprint density at radius 3 is 3.03 bits per heavy atom. The van der Waals surface area contributed by atoms with Gasteiger partial charge in [0.15, 0.2) is 5.82 Å². The first-order valence-corrected chi connectivity index (χ1v) is 10.9. The van der Waals surface area contributed by atoms with Crippen LogP contribution in [0.5, 0.6) is 5.75 Å². The second-order valence-electron chi connectivity index (χ2n) is 7.75. The highest BCUT2D eigenvalue weighted by Gasteiger charge is 2.34. The van der Waals surface area contributed by atoms with Crippen LogP contribution in [-0.2, 0) is 24.2 Å². The monoisotopic (exact) mass is 409 g/mol. The van der Waals surface area contributed by atoms with Crippen LogP contribution in [0, 0.1) is 0 Å². The molecule has 1 aliphatic heterocycles. The predicted octanol–water partition coefficient (Wildman–Crippen LogP) is 4.20. The van der Waals surface area contributed by atoms with E-state index in [9.17, 15) is 4.79 Å². The summed E-state index contributed by atoms with van der Waals surface area (Å²) in [5.74, 6) is 2.11. The van der Waals surface area contributed by atoms with Crippen molar-refractivity contribution in [2.75, 3.05) is 13.7 Å². The van der Waals surface area contributed by atoms with Gasteiger partial charge in [-0.25, -0.2) is 0 Å². The van der Waals surface area contributed by atoms with Crippen molar-refractivity contribution in [2.45, 2.75) is 44.6 Å². The molecule has 0 spiro atoms. The predicted molar refractivity (Wildman–Crippen MR) is 110 cm³/mol. The van der Waals surface area contributed by atoms with Gasteiger partial charge in [-0.3, -0.25) is 4.79 Å². The molecule has 7 heteroatoms. The third kappa shape index (κ3) is 3.67. The third-order valence-corrected chi connectivity index (χ3v) is 6.96. The molecule has 6 nitrogen and oxygen atoms in total. The second kappa shape index (κ2) is 7.63. The van der Waals surface area contributed by atoms with E-state index >= 15 is 0 Å². The first kappa shape index (κ1) is 18.4. The van der Waals surface area contributed by atoms with E-state index in [1.165, 1.54) is 23.3 Å². The molecule has 1 amide bonds. The Morgan fingerprint density at radius 2 is 2.17 bits per heavy atom. The molecular formula is C22H23N3O3S. The van der Waals surface area contributed by atoms with Crippen molar-refractivity contribution in [2.24, 2.45) is 0 Å². The smallest absolute Gasteiger partial charge is 0.268 e. The maximum atomic E-state index is 12.5. The van der Waals surface area contributed by atoms with Crippen LogP contribution in [0.3, 0.4) is 0 Å². The molecule has 150 valence electrons. The summed E-state index contributed by atoms with van der Waals surface area (Å²) in [6.07, 6.45) is 5.23. The first-order valence-electron chi connectivity index (χ1n) is 10.1. The van der Waals surface area contributed by atoms with E-state index in [1.54, 1.807) is 18.4 Å². The number of aromatic nitrogens is 2. The van der Waals surface area contributed by atoms with Crippen LogP contribution < -0.4 is 4.74 Å². The average molecular weight is 410 g/mol. The molecule has 2 aromatic heterocycles. The normalized spacial score (nSPS) is 18.9. The second-order valence-corrected chi connectivity index (χ2v) is 8.89. The minimum Gasteiger partial charge on any atom is -0.497 e. The molecule has 5 rings (SSSR count). The van der Waals surface area contributed by atoms with Gasteiger partial charge in [0, 0.05) is 30.3 Å². The topological polar surface area (TPSA) is 68.5 Å². The van der Waals surface area contributed by atoms with Gasteiger partial charge in [-0.15, -0.1) is 11.3 Å². The highest BCUT2D eigenvalue weighted by molar-refractivity contribution is 7.15. The van der Waals surface area contributed by atoms with Crippen LogP contribution in [-0.4, -0.2) is 34.6 Å². The number of fused-ring (bicyclic) bond motifs is 1. The number of methoxy groups -OCH3 is 1. The van der Waals surface area contributed by atoms with Gasteiger partial charge in [0.1, 0.15) is 5.75 Å². The van der Waals surface area contributed by atoms with Crippen molar-refractivity contribution in [1.29, 1.82) is 0 Å². The van der Waals surface area contributed by atoms with Crippen molar-refractivity contribution in [3.63, 3.8) is 0 Å². The number of carbonyl (C=O) groups excluding carboxylic acids is 1. The number of carbonyl (C=O) groups is 1. The zero-order chi connectivity index (χ0) is 19.8. The van der Waals surface area contributed by atoms with E-state index in [0.29, 0.717) is 31.2 Å². The Balaban J connectivity index is 1.29. The molecule has 0 radical (unpaired) electrons. The molecule has 2 aliphatic rings. The van der Waals surface area contributed by atoms with Gasteiger partial charge in [0.25, 0.3) is 5.89 Å². The van der Waals surface area contributed by atoms with E-state index in [4.69, 9.17) is 9.26 Å². The van der Waals surface area contributed by atoms with Gasteiger partial charge < -0.3 is 14.2 Å². The minimum atomic E-state index is -0.0276. The average Bonchev–Trinajstić information content (AvgIpc) is 3.46. The summed E-state index contributed by atoms with van der Waals surface area (Å²) in [6.45, 7) is 1.17. The third-order valence-electron chi connectivity index (χ3n) is 5.74. The van der Waals surface area contributed by atoms with Gasteiger partial charge >= 0.3 is 0 Å². The van der Waals surface area contributed by atoms with Gasteiger partial charge in [0.05, 0.1) is 12.0 Å². The van der Waals surface area contributed by atoms with Gasteiger partial charge in [-0.2, -0.15) is 4.98 Å². The number of aryl methyl sites for hydroxylation is 2. The Hall–Kier alpha value is -2.67. The SMILES string of the molecule is COc1cccc(CN2CC(c3noc(-c4cc5c(s4)CCCC5)n3)CC2=O)c1. The Bertz CT molecular complexity index is 1020. The van der Waals surface area contributed by atoms with Crippen LogP contribution in [0.15, 0.2) is 34.9 Å². The molecule has 1 unspecified atom stereocenters. The van der Waals surface area contributed by atoms with Crippen LogP contribution in [0.25, 0.3) is 10.8 Å². The lowest BCUT2D eigenvalue weighted by Gasteiger charge is -2.16. The first-order chi connectivity index (χ1) is 14.2. The van der Waals surface area contributed by atoms with Crippen molar-refractivity contribution >= 4 is 17.2 Å². The standard InChI is InChI=1S/C22H23N3O3S/c1-27-17-7-4-5-14(9-17)12-25-13-16(11-20(25)26)21-23-22(28-24-21)19-10-15-6-2-3-8-18(15)29-19/h4-5,7,9-10,16H,2-3,6,8,11-13H2,1H3. The largest absolute Gasteiger partial charge is 0.497 e. The van der Waals surface area contributed by atoms with Gasteiger partial charge in [-0.05, 0) is 55.0 Å². The zero-order valence-corrected chi connectivity index (χ0v) is 17.2. The fourth-order valence-corrected chi connectivity index (χ4v) is 5.36. The molecule has 3 aromatic rings. The molecular weight excluding hydrogens is 386 g/mol. The van der Waals surface area contributed by atoms with Crippen molar-refractivity contribution in [3.05, 3.63) is 52.2 Å². The highest BCUT2D eigenvalue weighted by Crippen LogP contribution is 2.36. The van der Waals surface area contributed by atoms with E-state index in [0.717, 1.165) is 29.0 Å². The summed E-state index contributed by atoms with van der Waals surface area (Å²) in [5.41, 5.74) is 2.48. The molecule has 3 heterocycles. The van der Waals surface area contributed by atoms with E-state index in [-0.39, 0.29) is 11.8 Å². The van der Waals surface area contributed by atoms with E-state index in [1.807, 2.05) is 29.2 Å². The number of likely N-dealkylation sites (tertiary alicyclic amines) is 1. The molecule has 1 saturated heterocycles. The number of rotatable bonds is 5. The molecule has 0 saturated carbocycles.